The maximum atomic E-state index is 11.6. The highest BCUT2D eigenvalue weighted by Gasteiger charge is 2.28. The molecule has 1 N–H and O–H groups in total. The minimum atomic E-state index is -0.462. The highest BCUT2D eigenvalue weighted by molar-refractivity contribution is 6.36. The Morgan fingerprint density at radius 1 is 1.17 bits per heavy atom. The Labute approximate surface area is 148 Å². The molecule has 1 aliphatic rings. The van der Waals surface area contributed by atoms with Crippen molar-refractivity contribution < 1.29 is 4.92 Å². The Morgan fingerprint density at radius 3 is 2.58 bits per heavy atom. The Hall–Kier alpha value is -2.12. The maximum Gasteiger partial charge on any atom is 0.353 e. The molecule has 0 spiro atoms. The highest BCUT2D eigenvalue weighted by atomic mass is 35.5. The van der Waals surface area contributed by atoms with Gasteiger partial charge in [-0.25, -0.2) is 9.97 Å². The zero-order valence-electron chi connectivity index (χ0n) is 12.7. The van der Waals surface area contributed by atoms with Crippen molar-refractivity contribution >= 4 is 46.2 Å². The number of anilines is 3. The van der Waals surface area contributed by atoms with E-state index in [4.69, 9.17) is 23.2 Å². The summed E-state index contributed by atoms with van der Waals surface area (Å²) in [5, 5.41) is 15.4. The summed E-state index contributed by atoms with van der Waals surface area (Å²) in [6.07, 6.45) is 4.43. The normalized spacial score (nSPS) is 14.5. The molecule has 0 atom stereocenters. The first kappa shape index (κ1) is 16.7. The topological polar surface area (TPSA) is 84.2 Å². The van der Waals surface area contributed by atoms with Crippen LogP contribution in [0.2, 0.25) is 10.0 Å². The molecule has 2 heterocycles. The average Bonchev–Trinajstić information content (AvgIpc) is 2.58. The van der Waals surface area contributed by atoms with Crippen molar-refractivity contribution in [3.05, 3.63) is 44.7 Å². The molecule has 0 unspecified atom stereocenters. The molecule has 0 radical (unpaired) electrons. The van der Waals surface area contributed by atoms with E-state index in [0.717, 1.165) is 32.4 Å². The second-order valence-corrected chi connectivity index (χ2v) is 6.29. The van der Waals surface area contributed by atoms with Crippen LogP contribution in [-0.2, 0) is 0 Å². The van der Waals surface area contributed by atoms with Crippen molar-refractivity contribution in [2.24, 2.45) is 0 Å². The standard InChI is InChI=1S/C15H15Cl2N5O2/c16-10-4-5-12(11(17)8-10)20-14-13(22(23)24)15(19-9-18-14)21-6-2-1-3-7-21/h4-5,8-9H,1-3,6-7H2,(H,18,19,20). The highest BCUT2D eigenvalue weighted by Crippen LogP contribution is 2.36. The quantitative estimate of drug-likeness (QED) is 0.635. The van der Waals surface area contributed by atoms with Gasteiger partial charge in [0.1, 0.15) is 6.33 Å². The lowest BCUT2D eigenvalue weighted by molar-refractivity contribution is -0.383. The molecule has 0 saturated carbocycles. The average molecular weight is 368 g/mol. The lowest BCUT2D eigenvalue weighted by Crippen LogP contribution is -2.31. The van der Waals surface area contributed by atoms with Crippen LogP contribution in [0.25, 0.3) is 0 Å². The Kier molecular flexibility index (Phi) is 5.01. The van der Waals surface area contributed by atoms with Gasteiger partial charge in [-0.2, -0.15) is 0 Å². The van der Waals surface area contributed by atoms with Crippen LogP contribution in [0.1, 0.15) is 19.3 Å². The summed E-state index contributed by atoms with van der Waals surface area (Å²) in [4.78, 5) is 21.3. The van der Waals surface area contributed by atoms with Gasteiger partial charge in [-0.05, 0) is 37.5 Å². The SMILES string of the molecule is O=[N+]([O-])c1c(Nc2ccc(Cl)cc2Cl)ncnc1N1CCCCC1. The van der Waals surface area contributed by atoms with E-state index in [2.05, 4.69) is 15.3 Å². The number of rotatable bonds is 4. The fourth-order valence-corrected chi connectivity index (χ4v) is 3.14. The third-order valence-corrected chi connectivity index (χ3v) is 4.37. The minimum absolute atomic E-state index is 0.111. The van der Waals surface area contributed by atoms with Crippen molar-refractivity contribution in [3.8, 4) is 0 Å². The number of nitrogens with one attached hydrogen (secondary N) is 1. The summed E-state index contributed by atoms with van der Waals surface area (Å²) < 4.78 is 0. The minimum Gasteiger partial charge on any atom is -0.351 e. The van der Waals surface area contributed by atoms with Gasteiger partial charge in [0, 0.05) is 18.1 Å². The van der Waals surface area contributed by atoms with Crippen molar-refractivity contribution in [2.75, 3.05) is 23.3 Å². The van der Waals surface area contributed by atoms with E-state index in [1.54, 1.807) is 18.2 Å². The Balaban J connectivity index is 1.99. The van der Waals surface area contributed by atoms with Gasteiger partial charge in [0.05, 0.1) is 15.6 Å². The largest absolute Gasteiger partial charge is 0.353 e. The number of nitro groups is 1. The molecule has 1 saturated heterocycles. The summed E-state index contributed by atoms with van der Waals surface area (Å²) >= 11 is 12.0. The Morgan fingerprint density at radius 2 is 1.92 bits per heavy atom. The van der Waals surface area contributed by atoms with E-state index in [9.17, 15) is 10.1 Å². The van der Waals surface area contributed by atoms with Gasteiger partial charge >= 0.3 is 5.69 Å². The monoisotopic (exact) mass is 367 g/mol. The lowest BCUT2D eigenvalue weighted by atomic mass is 10.1. The second kappa shape index (κ2) is 7.19. The number of hydrogen-bond acceptors (Lipinski definition) is 6. The van der Waals surface area contributed by atoms with Crippen molar-refractivity contribution in [2.45, 2.75) is 19.3 Å². The molecule has 1 aromatic heterocycles. The molecule has 7 nitrogen and oxygen atoms in total. The van der Waals surface area contributed by atoms with Crippen LogP contribution in [0.15, 0.2) is 24.5 Å². The molecule has 0 aliphatic carbocycles. The summed E-state index contributed by atoms with van der Waals surface area (Å²) in [5.41, 5.74) is 0.345. The zero-order valence-corrected chi connectivity index (χ0v) is 14.2. The van der Waals surface area contributed by atoms with E-state index >= 15 is 0 Å². The molecular formula is C15H15Cl2N5O2. The van der Waals surface area contributed by atoms with Crippen LogP contribution >= 0.6 is 23.2 Å². The Bertz CT molecular complexity index is 766. The van der Waals surface area contributed by atoms with E-state index in [1.807, 2.05) is 4.90 Å². The number of piperidine rings is 1. The van der Waals surface area contributed by atoms with Gasteiger partial charge in [0.15, 0.2) is 0 Å². The molecular weight excluding hydrogens is 353 g/mol. The zero-order chi connectivity index (χ0) is 17.1. The van der Waals surface area contributed by atoms with Crippen molar-refractivity contribution in [1.29, 1.82) is 0 Å². The summed E-state index contributed by atoms with van der Waals surface area (Å²) in [6.45, 7) is 1.50. The fraction of sp³-hybridized carbons (Fsp3) is 0.333. The molecule has 1 aliphatic heterocycles. The molecule has 9 heteroatoms. The van der Waals surface area contributed by atoms with E-state index in [-0.39, 0.29) is 11.5 Å². The first-order valence-electron chi connectivity index (χ1n) is 7.52. The molecule has 1 aromatic carbocycles. The summed E-state index contributed by atoms with van der Waals surface area (Å²) in [6, 6.07) is 4.86. The lowest BCUT2D eigenvalue weighted by Gasteiger charge is -2.27. The number of nitrogens with zero attached hydrogens (tertiary/aromatic N) is 4. The predicted molar refractivity (Wildman–Crippen MR) is 94.5 cm³/mol. The fourth-order valence-electron chi connectivity index (χ4n) is 2.68. The van der Waals surface area contributed by atoms with Crippen LogP contribution in [-0.4, -0.2) is 28.0 Å². The molecule has 0 bridgehead atoms. The van der Waals surface area contributed by atoms with Gasteiger partial charge < -0.3 is 10.2 Å². The first-order valence-corrected chi connectivity index (χ1v) is 8.28. The van der Waals surface area contributed by atoms with Gasteiger partial charge in [-0.15, -0.1) is 0 Å². The van der Waals surface area contributed by atoms with E-state index in [0.29, 0.717) is 21.6 Å². The molecule has 24 heavy (non-hydrogen) atoms. The van der Waals surface area contributed by atoms with Gasteiger partial charge in [-0.1, -0.05) is 23.2 Å². The van der Waals surface area contributed by atoms with Crippen LogP contribution in [0.5, 0.6) is 0 Å². The van der Waals surface area contributed by atoms with Gasteiger partial charge in [0.2, 0.25) is 11.6 Å². The number of aromatic nitrogens is 2. The number of benzene rings is 1. The van der Waals surface area contributed by atoms with E-state index < -0.39 is 4.92 Å². The summed E-state index contributed by atoms with van der Waals surface area (Å²) in [5.74, 6) is 0.446. The van der Waals surface area contributed by atoms with Crippen LogP contribution in [0.3, 0.4) is 0 Å². The number of halogens is 2. The van der Waals surface area contributed by atoms with Crippen LogP contribution in [0.4, 0.5) is 23.0 Å². The summed E-state index contributed by atoms with van der Waals surface area (Å²) in [7, 11) is 0. The van der Waals surface area contributed by atoms with Gasteiger partial charge in [0.25, 0.3) is 0 Å². The third-order valence-electron chi connectivity index (χ3n) is 3.83. The van der Waals surface area contributed by atoms with Crippen molar-refractivity contribution in [3.63, 3.8) is 0 Å². The van der Waals surface area contributed by atoms with E-state index in [1.165, 1.54) is 6.33 Å². The number of hydrogen-bond donors (Lipinski definition) is 1. The molecule has 0 amide bonds. The predicted octanol–water partition coefficient (Wildman–Crippen LogP) is 4.43. The molecule has 2 aromatic rings. The second-order valence-electron chi connectivity index (χ2n) is 5.45. The smallest absolute Gasteiger partial charge is 0.351 e. The van der Waals surface area contributed by atoms with Gasteiger partial charge in [-0.3, -0.25) is 10.1 Å². The molecule has 126 valence electrons. The first-order chi connectivity index (χ1) is 11.6. The molecule has 1 fully saturated rings. The van der Waals surface area contributed by atoms with Crippen LogP contribution < -0.4 is 10.2 Å². The molecule has 3 rings (SSSR count). The third kappa shape index (κ3) is 3.52. The van der Waals surface area contributed by atoms with Crippen molar-refractivity contribution in [1.82, 2.24) is 9.97 Å². The maximum absolute atomic E-state index is 11.6. The van der Waals surface area contributed by atoms with Crippen LogP contribution in [0, 0.1) is 10.1 Å².